The van der Waals surface area contributed by atoms with Crippen LogP contribution in [0.5, 0.6) is 0 Å². The van der Waals surface area contributed by atoms with Gasteiger partial charge in [-0.2, -0.15) is 5.10 Å². The highest BCUT2D eigenvalue weighted by atomic mass is 15.3. The molecule has 0 N–H and O–H groups in total. The van der Waals surface area contributed by atoms with Gasteiger partial charge in [-0.05, 0) is 20.8 Å². The Morgan fingerprint density at radius 1 is 1.00 bits per heavy atom. The van der Waals surface area contributed by atoms with Crippen LogP contribution >= 0.6 is 0 Å². The van der Waals surface area contributed by atoms with Gasteiger partial charge in [0.15, 0.2) is 11.6 Å². The van der Waals surface area contributed by atoms with Crippen LogP contribution in [0.25, 0.3) is 11.6 Å². The van der Waals surface area contributed by atoms with Crippen molar-refractivity contribution in [2.45, 2.75) is 39.4 Å². The highest BCUT2D eigenvalue weighted by molar-refractivity contribution is 5.45. The van der Waals surface area contributed by atoms with Gasteiger partial charge in [0.2, 0.25) is 0 Å². The molecule has 110 valence electrons. The van der Waals surface area contributed by atoms with Crippen molar-refractivity contribution in [2.75, 3.05) is 0 Å². The summed E-state index contributed by atoms with van der Waals surface area (Å²) in [5, 5.41) is 4.16. The fraction of sp³-hybridized carbons (Fsp3) is 0.429. The Morgan fingerprint density at radius 2 is 1.67 bits per heavy atom. The van der Waals surface area contributed by atoms with Gasteiger partial charge in [-0.1, -0.05) is 0 Å². The van der Waals surface area contributed by atoms with Crippen molar-refractivity contribution >= 4 is 0 Å². The summed E-state index contributed by atoms with van der Waals surface area (Å²) in [6.07, 6.45) is 10.9. The molecule has 0 fully saturated rings. The van der Waals surface area contributed by atoms with Crippen LogP contribution in [0.15, 0.2) is 37.4 Å². The van der Waals surface area contributed by atoms with Crippen LogP contribution in [0.4, 0.5) is 0 Å². The predicted octanol–water partition coefficient (Wildman–Crippen LogP) is 2.18. The number of aromatic nitrogens is 7. The Balaban J connectivity index is 1.91. The number of nitrogens with zero attached hydrogens (tertiary/aromatic N) is 7. The van der Waals surface area contributed by atoms with Crippen molar-refractivity contribution in [3.63, 3.8) is 0 Å². The predicted molar refractivity (Wildman–Crippen MR) is 78.6 cm³/mol. The van der Waals surface area contributed by atoms with Crippen LogP contribution in [-0.4, -0.2) is 33.9 Å². The van der Waals surface area contributed by atoms with Gasteiger partial charge in [-0.3, -0.25) is 4.68 Å². The van der Waals surface area contributed by atoms with Crippen molar-refractivity contribution in [3.05, 3.63) is 37.4 Å². The lowest BCUT2D eigenvalue weighted by molar-refractivity contribution is 0.437. The summed E-state index contributed by atoms with van der Waals surface area (Å²) in [6, 6.07) is 0.555. The topological polar surface area (TPSA) is 66.3 Å². The van der Waals surface area contributed by atoms with Crippen LogP contribution < -0.4 is 0 Å². The molecule has 0 aliphatic carbocycles. The molecule has 21 heavy (non-hydrogen) atoms. The van der Waals surface area contributed by atoms with Gasteiger partial charge in [0, 0.05) is 30.8 Å². The summed E-state index contributed by atoms with van der Waals surface area (Å²) in [5.41, 5.74) is 0. The number of rotatable bonds is 5. The second-order valence-electron chi connectivity index (χ2n) is 5.38. The van der Waals surface area contributed by atoms with Crippen LogP contribution in [0, 0.1) is 0 Å². The lowest BCUT2D eigenvalue weighted by Gasteiger charge is -2.17. The van der Waals surface area contributed by atoms with E-state index in [0.29, 0.717) is 6.04 Å². The first-order valence-corrected chi connectivity index (χ1v) is 7.05. The summed E-state index contributed by atoms with van der Waals surface area (Å²) in [5.74, 6) is 1.77. The summed E-state index contributed by atoms with van der Waals surface area (Å²) in [4.78, 5) is 12.9. The molecule has 0 bridgehead atoms. The molecule has 7 heteroatoms. The molecule has 0 unspecified atom stereocenters. The molecule has 0 saturated heterocycles. The summed E-state index contributed by atoms with van der Waals surface area (Å²) < 4.78 is 6.08. The first-order valence-electron chi connectivity index (χ1n) is 7.05. The van der Waals surface area contributed by atoms with E-state index in [1.54, 1.807) is 12.7 Å². The number of hydrogen-bond donors (Lipinski definition) is 0. The zero-order chi connectivity index (χ0) is 14.8. The molecule has 0 spiro atoms. The van der Waals surface area contributed by atoms with Gasteiger partial charge < -0.3 is 9.13 Å². The van der Waals surface area contributed by atoms with E-state index < -0.39 is 0 Å². The van der Waals surface area contributed by atoms with E-state index in [1.165, 1.54) is 0 Å². The highest BCUT2D eigenvalue weighted by Crippen LogP contribution is 2.23. The summed E-state index contributed by atoms with van der Waals surface area (Å²) in [6.45, 7) is 7.15. The minimum absolute atomic E-state index is 0.210. The molecule has 0 aliphatic rings. The third kappa shape index (κ3) is 2.58. The van der Waals surface area contributed by atoms with E-state index in [2.05, 4.69) is 50.0 Å². The Morgan fingerprint density at radius 3 is 2.29 bits per heavy atom. The molecule has 3 rings (SSSR count). The second-order valence-corrected chi connectivity index (χ2v) is 5.38. The molecule has 0 saturated carbocycles. The molecule has 0 aliphatic heterocycles. The standard InChI is InChI=1S/C14H19N7/c1-11(2)20-6-4-16-13(20)14-17-5-7-21(14)12(3)8-19-10-15-9-18-19/h4-7,9-12H,8H2,1-3H3/t12-/m0/s1. The molecule has 0 radical (unpaired) electrons. The molecule has 7 nitrogen and oxygen atoms in total. The Labute approximate surface area is 123 Å². The van der Waals surface area contributed by atoms with Crippen LogP contribution in [0.1, 0.15) is 32.9 Å². The quantitative estimate of drug-likeness (QED) is 0.720. The maximum atomic E-state index is 4.49. The van der Waals surface area contributed by atoms with Gasteiger partial charge in [-0.25, -0.2) is 15.0 Å². The van der Waals surface area contributed by atoms with E-state index in [-0.39, 0.29) is 6.04 Å². The average molecular weight is 285 g/mol. The van der Waals surface area contributed by atoms with E-state index in [1.807, 2.05) is 29.5 Å². The minimum atomic E-state index is 0.210. The van der Waals surface area contributed by atoms with Crippen molar-refractivity contribution in [3.8, 4) is 11.6 Å². The van der Waals surface area contributed by atoms with Gasteiger partial charge in [0.25, 0.3) is 0 Å². The third-order valence-electron chi connectivity index (χ3n) is 3.49. The first-order chi connectivity index (χ1) is 10.2. The first kappa shape index (κ1) is 13.5. The zero-order valence-electron chi connectivity index (χ0n) is 12.5. The Kier molecular flexibility index (Phi) is 3.55. The summed E-state index contributed by atoms with van der Waals surface area (Å²) in [7, 11) is 0. The SMILES string of the molecule is CC(C)n1ccnc1-c1nccn1[C@@H](C)Cn1cncn1. The molecule has 3 aromatic heterocycles. The lowest BCUT2D eigenvalue weighted by Crippen LogP contribution is -2.15. The maximum absolute atomic E-state index is 4.49. The molecular formula is C14H19N7. The van der Waals surface area contributed by atoms with Crippen molar-refractivity contribution in [1.29, 1.82) is 0 Å². The minimum Gasteiger partial charge on any atom is -0.326 e. The molecule has 3 heterocycles. The average Bonchev–Trinajstić information content (AvgIpc) is 3.19. The Hall–Kier alpha value is -2.44. The molecule has 3 aromatic rings. The fourth-order valence-corrected chi connectivity index (χ4v) is 2.43. The largest absolute Gasteiger partial charge is 0.326 e. The fourth-order valence-electron chi connectivity index (χ4n) is 2.43. The lowest BCUT2D eigenvalue weighted by atomic mass is 10.3. The van der Waals surface area contributed by atoms with Gasteiger partial charge in [-0.15, -0.1) is 0 Å². The van der Waals surface area contributed by atoms with E-state index in [9.17, 15) is 0 Å². The molecular weight excluding hydrogens is 266 g/mol. The van der Waals surface area contributed by atoms with Gasteiger partial charge >= 0.3 is 0 Å². The third-order valence-corrected chi connectivity index (χ3v) is 3.49. The van der Waals surface area contributed by atoms with Gasteiger partial charge in [0.1, 0.15) is 12.7 Å². The van der Waals surface area contributed by atoms with Crippen molar-refractivity contribution in [2.24, 2.45) is 0 Å². The molecule has 1 atom stereocenters. The maximum Gasteiger partial charge on any atom is 0.176 e. The van der Waals surface area contributed by atoms with Gasteiger partial charge in [0.05, 0.1) is 12.6 Å². The zero-order valence-corrected chi connectivity index (χ0v) is 12.5. The van der Waals surface area contributed by atoms with Crippen LogP contribution in [0.3, 0.4) is 0 Å². The smallest absolute Gasteiger partial charge is 0.176 e. The highest BCUT2D eigenvalue weighted by Gasteiger charge is 2.17. The van der Waals surface area contributed by atoms with Crippen molar-refractivity contribution < 1.29 is 0 Å². The van der Waals surface area contributed by atoms with Crippen LogP contribution in [-0.2, 0) is 6.54 Å². The van der Waals surface area contributed by atoms with Crippen molar-refractivity contribution in [1.82, 2.24) is 33.9 Å². The molecule has 0 aromatic carbocycles. The normalized spacial score (nSPS) is 13.0. The van der Waals surface area contributed by atoms with E-state index in [4.69, 9.17) is 0 Å². The van der Waals surface area contributed by atoms with E-state index >= 15 is 0 Å². The monoisotopic (exact) mass is 285 g/mol. The second kappa shape index (κ2) is 5.51. The van der Waals surface area contributed by atoms with Crippen LogP contribution in [0.2, 0.25) is 0 Å². The summed E-state index contributed by atoms with van der Waals surface area (Å²) >= 11 is 0. The Bertz CT molecular complexity index is 693. The van der Waals surface area contributed by atoms with E-state index in [0.717, 1.165) is 18.2 Å². The number of hydrogen-bond acceptors (Lipinski definition) is 4. The molecule has 0 amide bonds. The number of imidazole rings is 2.